The molecule has 0 heterocycles. The van der Waals surface area contributed by atoms with Gasteiger partial charge in [0.15, 0.2) is 5.25 Å². The van der Waals surface area contributed by atoms with Crippen molar-refractivity contribution in [2.24, 2.45) is 11.8 Å². The minimum atomic E-state index is -5.01. The Hall–Kier alpha value is -1.97. The zero-order chi connectivity index (χ0) is 35.6. The van der Waals surface area contributed by atoms with Gasteiger partial charge in [-0.25, -0.2) is 8.42 Å². The summed E-state index contributed by atoms with van der Waals surface area (Å²) in [6.45, 7) is 13.0. The first-order chi connectivity index (χ1) is 22.3. The monoisotopic (exact) mass is 683 g/mol. The van der Waals surface area contributed by atoms with Crippen molar-refractivity contribution in [2.75, 3.05) is 33.9 Å². The summed E-state index contributed by atoms with van der Waals surface area (Å²) in [6, 6.07) is 10.9. The molecule has 0 aliphatic rings. The third kappa shape index (κ3) is 23.9. The van der Waals surface area contributed by atoms with Crippen molar-refractivity contribution in [2.45, 2.75) is 149 Å². The van der Waals surface area contributed by atoms with Gasteiger partial charge in [0, 0.05) is 5.56 Å². The molecule has 3 unspecified atom stereocenters. The van der Waals surface area contributed by atoms with Crippen LogP contribution in [0.3, 0.4) is 0 Å². The number of carbonyl (C=O) groups excluding carboxylic acids is 2. The Balaban J connectivity index is 0.000000966. The molecule has 1 rings (SSSR count). The number of unbranched alkanes of at least 4 members (excludes halogenated alkanes) is 8. The van der Waals surface area contributed by atoms with Gasteiger partial charge in [-0.3, -0.25) is 9.59 Å². The van der Waals surface area contributed by atoms with Crippen LogP contribution in [0.25, 0.3) is 0 Å². The first-order valence-electron chi connectivity index (χ1n) is 18.5. The van der Waals surface area contributed by atoms with Crippen LogP contribution in [-0.4, -0.2) is 68.5 Å². The Morgan fingerprint density at radius 2 is 1.21 bits per heavy atom. The summed E-state index contributed by atoms with van der Waals surface area (Å²) < 4.78 is 45.7. The average molecular weight is 684 g/mol. The lowest BCUT2D eigenvalue weighted by molar-refractivity contribution is -0.903. The minimum Gasteiger partial charge on any atom is -0.747 e. The molecule has 0 aliphatic heterocycles. The van der Waals surface area contributed by atoms with Crippen LogP contribution in [0.1, 0.15) is 143 Å². The third-order valence-electron chi connectivity index (χ3n) is 8.81. The van der Waals surface area contributed by atoms with Gasteiger partial charge in [0.25, 0.3) is 0 Å². The summed E-state index contributed by atoms with van der Waals surface area (Å²) in [7, 11) is -0.312. The number of quaternary nitrogens is 1. The first-order valence-corrected chi connectivity index (χ1v) is 19.9. The van der Waals surface area contributed by atoms with E-state index in [0.29, 0.717) is 0 Å². The Kier molecular flexibility index (Phi) is 25.8. The normalized spacial score (nSPS) is 13.6. The molecule has 9 heteroatoms. The van der Waals surface area contributed by atoms with Crippen molar-refractivity contribution in [3.63, 3.8) is 0 Å². The summed E-state index contributed by atoms with van der Waals surface area (Å²) in [5.74, 6) is -1.74. The van der Waals surface area contributed by atoms with E-state index in [1.807, 2.05) is 13.8 Å². The van der Waals surface area contributed by atoms with Crippen LogP contribution in [0, 0.1) is 11.8 Å². The fourth-order valence-electron chi connectivity index (χ4n) is 5.47. The average Bonchev–Trinajstić information content (AvgIpc) is 3.03. The highest BCUT2D eigenvalue weighted by Crippen LogP contribution is 2.17. The van der Waals surface area contributed by atoms with Crippen molar-refractivity contribution < 1.29 is 36.5 Å². The van der Waals surface area contributed by atoms with E-state index in [0.717, 1.165) is 62.4 Å². The van der Waals surface area contributed by atoms with E-state index < -0.39 is 33.7 Å². The number of nitrogens with zero attached hydrogens (tertiary/aromatic N) is 1. The fraction of sp³-hybridized carbons (Fsp3) is 0.789. The zero-order valence-electron chi connectivity index (χ0n) is 31.0. The van der Waals surface area contributed by atoms with Crippen LogP contribution in [-0.2, 0) is 35.7 Å². The highest BCUT2D eigenvalue weighted by atomic mass is 32.2. The Morgan fingerprint density at radius 1 is 0.723 bits per heavy atom. The van der Waals surface area contributed by atoms with Gasteiger partial charge in [0.2, 0.25) is 0 Å². The van der Waals surface area contributed by atoms with Gasteiger partial charge >= 0.3 is 11.9 Å². The SMILES string of the molecule is CCCCC(CC)COC(=O)CC(C(=O)OCC(CC)CCCC)S(=O)(=O)[O-].CCCCCCCCC[N+](C)(C)Cc1ccccc1. The summed E-state index contributed by atoms with van der Waals surface area (Å²) in [5.41, 5.74) is 1.45. The molecule has 1 aromatic carbocycles. The Bertz CT molecular complexity index is 1030. The van der Waals surface area contributed by atoms with Gasteiger partial charge in [0.1, 0.15) is 16.7 Å². The highest BCUT2D eigenvalue weighted by molar-refractivity contribution is 7.87. The van der Waals surface area contributed by atoms with Crippen LogP contribution in [0.2, 0.25) is 0 Å². The van der Waals surface area contributed by atoms with E-state index in [9.17, 15) is 22.6 Å². The Morgan fingerprint density at radius 3 is 1.70 bits per heavy atom. The van der Waals surface area contributed by atoms with Crippen LogP contribution in [0.15, 0.2) is 30.3 Å². The summed E-state index contributed by atoms with van der Waals surface area (Å²) in [6.07, 6.45) is 16.4. The summed E-state index contributed by atoms with van der Waals surface area (Å²) >= 11 is 0. The molecule has 0 saturated heterocycles. The van der Waals surface area contributed by atoms with Gasteiger partial charge < -0.3 is 18.5 Å². The molecule has 1 aromatic rings. The van der Waals surface area contributed by atoms with Crippen molar-refractivity contribution in [1.82, 2.24) is 0 Å². The lowest BCUT2D eigenvalue weighted by atomic mass is 10.0. The van der Waals surface area contributed by atoms with E-state index in [2.05, 4.69) is 65.2 Å². The number of ether oxygens (including phenoxy) is 2. The van der Waals surface area contributed by atoms with Crippen molar-refractivity contribution in [1.29, 1.82) is 0 Å². The highest BCUT2D eigenvalue weighted by Gasteiger charge is 2.31. The molecule has 8 nitrogen and oxygen atoms in total. The van der Waals surface area contributed by atoms with E-state index >= 15 is 0 Å². The van der Waals surface area contributed by atoms with E-state index in [4.69, 9.17) is 9.47 Å². The molecule has 0 N–H and O–H groups in total. The molecule has 0 aliphatic carbocycles. The molecular weight excluding hydrogens is 614 g/mol. The largest absolute Gasteiger partial charge is 0.747 e. The maximum absolute atomic E-state index is 12.1. The summed E-state index contributed by atoms with van der Waals surface area (Å²) in [4.78, 5) is 24.1. The molecule has 0 saturated carbocycles. The predicted molar refractivity (Wildman–Crippen MR) is 192 cm³/mol. The predicted octanol–water partition coefficient (Wildman–Crippen LogP) is 8.82. The molecule has 274 valence electrons. The number of rotatable bonds is 26. The number of carbonyl (C=O) groups is 2. The molecular formula is C38H69NO7S. The maximum atomic E-state index is 12.1. The second-order valence-corrected chi connectivity index (χ2v) is 15.3. The second-order valence-electron chi connectivity index (χ2n) is 13.8. The van der Waals surface area contributed by atoms with Crippen molar-refractivity contribution >= 4 is 22.1 Å². The van der Waals surface area contributed by atoms with Crippen LogP contribution in [0.5, 0.6) is 0 Å². The van der Waals surface area contributed by atoms with E-state index in [1.54, 1.807) is 0 Å². The number of benzene rings is 1. The molecule has 0 radical (unpaired) electrons. The van der Waals surface area contributed by atoms with Crippen LogP contribution >= 0.6 is 0 Å². The second kappa shape index (κ2) is 26.9. The van der Waals surface area contributed by atoms with Crippen molar-refractivity contribution in [3.8, 4) is 0 Å². The van der Waals surface area contributed by atoms with Crippen LogP contribution < -0.4 is 0 Å². The van der Waals surface area contributed by atoms with Gasteiger partial charge in [-0.15, -0.1) is 0 Å². The maximum Gasteiger partial charge on any atom is 0.323 e. The van der Waals surface area contributed by atoms with Gasteiger partial charge in [0.05, 0.1) is 40.3 Å². The molecule has 0 spiro atoms. The zero-order valence-corrected chi connectivity index (χ0v) is 31.8. The van der Waals surface area contributed by atoms with Gasteiger partial charge in [-0.2, -0.15) is 0 Å². The Labute approximate surface area is 288 Å². The molecule has 3 atom stereocenters. The topological polar surface area (TPSA) is 110 Å². The fourth-order valence-corrected chi connectivity index (χ4v) is 6.11. The number of hydrogen-bond acceptors (Lipinski definition) is 7. The molecule has 0 aromatic heterocycles. The third-order valence-corrected chi connectivity index (χ3v) is 9.87. The lowest BCUT2D eigenvalue weighted by Gasteiger charge is -2.30. The van der Waals surface area contributed by atoms with Crippen molar-refractivity contribution in [3.05, 3.63) is 35.9 Å². The lowest BCUT2D eigenvalue weighted by Crippen LogP contribution is -2.39. The number of esters is 2. The first kappa shape index (κ1) is 45.0. The van der Waals surface area contributed by atoms with Gasteiger partial charge in [-0.1, -0.05) is 136 Å². The van der Waals surface area contributed by atoms with E-state index in [1.165, 1.54) is 57.1 Å². The smallest absolute Gasteiger partial charge is 0.323 e. The molecule has 0 amide bonds. The quantitative estimate of drug-likeness (QED) is 0.0415. The molecule has 47 heavy (non-hydrogen) atoms. The molecule has 0 bridgehead atoms. The standard InChI is InChI=1S/C20H38O7S.C18H32N/c1-5-9-11-16(7-3)14-26-19(21)13-18(28(23,24)25)20(22)27-15-17(8-4)12-10-6-2;1-4-5-6-7-8-9-13-16-19(2,3)17-18-14-11-10-12-15-18/h16-18H,5-15H2,1-4H3,(H,23,24,25);10-12,14-15H,4-9,13,16-17H2,1-3H3/q;+1/p-1. The summed E-state index contributed by atoms with van der Waals surface area (Å²) in [5, 5.41) is -2.06. The van der Waals surface area contributed by atoms with Gasteiger partial charge in [-0.05, 0) is 37.5 Å². The number of hydrogen-bond donors (Lipinski definition) is 0. The van der Waals surface area contributed by atoms with Crippen LogP contribution in [0.4, 0.5) is 0 Å². The minimum absolute atomic E-state index is 0.0470. The van der Waals surface area contributed by atoms with E-state index in [-0.39, 0.29) is 25.0 Å². The molecule has 0 fully saturated rings.